The quantitative estimate of drug-likeness (QED) is 0.419. The predicted molar refractivity (Wildman–Crippen MR) is 145 cm³/mol. The molecule has 0 spiro atoms. The third-order valence-corrected chi connectivity index (χ3v) is 7.20. The molecule has 2 aliphatic rings. The van der Waals surface area contributed by atoms with Crippen molar-refractivity contribution >= 4 is 23.1 Å². The highest BCUT2D eigenvalue weighted by atomic mass is 16.5. The summed E-state index contributed by atoms with van der Waals surface area (Å²) in [6.07, 6.45) is 6.19. The molecule has 8 heteroatoms. The summed E-state index contributed by atoms with van der Waals surface area (Å²) >= 11 is 0. The number of methoxy groups -OCH3 is 1. The van der Waals surface area contributed by atoms with E-state index in [2.05, 4.69) is 56.3 Å². The second kappa shape index (κ2) is 11.7. The lowest BCUT2D eigenvalue weighted by Crippen LogP contribution is -2.46. The lowest BCUT2D eigenvalue weighted by Gasteiger charge is -2.35. The van der Waals surface area contributed by atoms with Gasteiger partial charge in [0.15, 0.2) is 5.78 Å². The van der Waals surface area contributed by atoms with Gasteiger partial charge in [0.1, 0.15) is 12.4 Å². The molecule has 37 heavy (non-hydrogen) atoms. The van der Waals surface area contributed by atoms with Crippen molar-refractivity contribution in [2.75, 3.05) is 63.3 Å². The van der Waals surface area contributed by atoms with E-state index in [0.29, 0.717) is 18.1 Å². The Labute approximate surface area is 218 Å². The molecule has 0 saturated carbocycles. The molecule has 3 heterocycles. The normalized spacial score (nSPS) is 15.4. The SMILES string of the molecule is CCN1CCN(c2ccc(Nc3ncc(CCc4cc(C(=O)COC)cc5c4CCO5)cn3)cc2)CC1. The summed E-state index contributed by atoms with van der Waals surface area (Å²) in [6, 6.07) is 12.3. The van der Waals surface area contributed by atoms with Crippen molar-refractivity contribution < 1.29 is 14.3 Å². The van der Waals surface area contributed by atoms with Crippen molar-refractivity contribution in [3.05, 3.63) is 71.0 Å². The predicted octanol–water partition coefficient (Wildman–Crippen LogP) is 3.91. The number of carbonyl (C=O) groups is 1. The third kappa shape index (κ3) is 6.09. The van der Waals surface area contributed by atoms with Gasteiger partial charge in [0.2, 0.25) is 5.95 Å². The summed E-state index contributed by atoms with van der Waals surface area (Å²) in [5, 5.41) is 3.30. The van der Waals surface area contributed by atoms with Crippen molar-refractivity contribution in [1.82, 2.24) is 14.9 Å². The lowest BCUT2D eigenvalue weighted by atomic mass is 9.95. The van der Waals surface area contributed by atoms with Gasteiger partial charge in [-0.05, 0) is 66.9 Å². The maximum atomic E-state index is 12.4. The topological polar surface area (TPSA) is 79.8 Å². The van der Waals surface area contributed by atoms with Crippen LogP contribution in [-0.4, -0.2) is 73.7 Å². The first-order valence-electron chi connectivity index (χ1n) is 13.1. The van der Waals surface area contributed by atoms with Gasteiger partial charge in [0.25, 0.3) is 0 Å². The Morgan fingerprint density at radius 2 is 1.81 bits per heavy atom. The second-order valence-corrected chi connectivity index (χ2v) is 9.57. The molecule has 3 aromatic rings. The number of nitrogens with zero attached hydrogens (tertiary/aromatic N) is 4. The number of anilines is 3. The molecule has 5 rings (SSSR count). The fraction of sp³-hybridized carbons (Fsp3) is 0.414. The van der Waals surface area contributed by atoms with E-state index in [1.165, 1.54) is 18.4 Å². The molecular formula is C29H35N5O3. The lowest BCUT2D eigenvalue weighted by molar-refractivity contribution is 0.0847. The Morgan fingerprint density at radius 1 is 1.05 bits per heavy atom. The maximum absolute atomic E-state index is 12.4. The fourth-order valence-electron chi connectivity index (χ4n) is 5.01. The number of hydrogen-bond donors (Lipinski definition) is 1. The number of benzene rings is 2. The number of nitrogens with one attached hydrogen (secondary N) is 1. The highest BCUT2D eigenvalue weighted by Crippen LogP contribution is 2.31. The number of hydrogen-bond acceptors (Lipinski definition) is 8. The fourth-order valence-corrected chi connectivity index (χ4v) is 5.01. The summed E-state index contributed by atoms with van der Waals surface area (Å²) in [5.74, 6) is 1.37. The Hall–Kier alpha value is -3.49. The number of piperazine rings is 1. The molecule has 0 bridgehead atoms. The summed E-state index contributed by atoms with van der Waals surface area (Å²) in [7, 11) is 1.53. The first kappa shape index (κ1) is 25.2. The molecular weight excluding hydrogens is 466 g/mol. The Balaban J connectivity index is 1.18. The number of Topliss-reactive ketones (excluding diaryl/α,β-unsaturated/α-hetero) is 1. The third-order valence-electron chi connectivity index (χ3n) is 7.20. The minimum Gasteiger partial charge on any atom is -0.493 e. The largest absolute Gasteiger partial charge is 0.493 e. The number of rotatable bonds is 10. The molecule has 2 aliphatic heterocycles. The van der Waals surface area contributed by atoms with Crippen LogP contribution in [0.25, 0.3) is 0 Å². The maximum Gasteiger partial charge on any atom is 0.227 e. The van der Waals surface area contributed by atoms with Crippen molar-refractivity contribution in [2.45, 2.75) is 26.2 Å². The summed E-state index contributed by atoms with van der Waals surface area (Å²) in [6.45, 7) is 8.43. The van der Waals surface area contributed by atoms with E-state index in [1.54, 1.807) is 0 Å². The summed E-state index contributed by atoms with van der Waals surface area (Å²) < 4.78 is 10.8. The number of aryl methyl sites for hydroxylation is 2. The Morgan fingerprint density at radius 3 is 2.51 bits per heavy atom. The first-order valence-corrected chi connectivity index (χ1v) is 13.1. The minimum absolute atomic E-state index is 0.0343. The molecule has 0 amide bonds. The van der Waals surface area contributed by atoms with E-state index in [9.17, 15) is 4.79 Å². The zero-order valence-electron chi connectivity index (χ0n) is 21.7. The zero-order valence-corrected chi connectivity index (χ0v) is 21.7. The van der Waals surface area contributed by atoms with E-state index in [4.69, 9.17) is 9.47 Å². The zero-order chi connectivity index (χ0) is 25.6. The van der Waals surface area contributed by atoms with Crippen LogP contribution in [0, 0.1) is 0 Å². The van der Waals surface area contributed by atoms with Crippen LogP contribution in [0.1, 0.15) is 34.0 Å². The number of ketones is 1. The minimum atomic E-state index is -0.0343. The second-order valence-electron chi connectivity index (χ2n) is 9.57. The Kier molecular flexibility index (Phi) is 7.96. The molecule has 0 unspecified atom stereocenters. The smallest absolute Gasteiger partial charge is 0.227 e. The summed E-state index contributed by atoms with van der Waals surface area (Å²) in [5.41, 5.74) is 6.26. The van der Waals surface area contributed by atoms with Crippen molar-refractivity contribution in [2.24, 2.45) is 0 Å². The van der Waals surface area contributed by atoms with Gasteiger partial charge >= 0.3 is 0 Å². The van der Waals surface area contributed by atoms with Crippen LogP contribution in [0.4, 0.5) is 17.3 Å². The van der Waals surface area contributed by atoms with Crippen molar-refractivity contribution in [3.8, 4) is 5.75 Å². The average Bonchev–Trinajstić information content (AvgIpc) is 3.42. The van der Waals surface area contributed by atoms with E-state index in [0.717, 1.165) is 74.6 Å². The number of carbonyl (C=O) groups excluding carboxylic acids is 1. The van der Waals surface area contributed by atoms with E-state index in [-0.39, 0.29) is 12.4 Å². The highest BCUT2D eigenvalue weighted by Gasteiger charge is 2.20. The molecule has 2 aromatic carbocycles. The van der Waals surface area contributed by atoms with Gasteiger partial charge < -0.3 is 24.6 Å². The molecule has 1 fully saturated rings. The average molecular weight is 502 g/mol. The van der Waals surface area contributed by atoms with Crippen LogP contribution in [0.2, 0.25) is 0 Å². The van der Waals surface area contributed by atoms with Gasteiger partial charge in [-0.25, -0.2) is 9.97 Å². The van der Waals surface area contributed by atoms with Gasteiger partial charge in [-0.2, -0.15) is 0 Å². The molecule has 194 valence electrons. The van der Waals surface area contributed by atoms with Gasteiger partial charge in [0, 0.05) is 74.6 Å². The highest BCUT2D eigenvalue weighted by molar-refractivity contribution is 5.97. The van der Waals surface area contributed by atoms with Crippen LogP contribution in [0.3, 0.4) is 0 Å². The molecule has 0 radical (unpaired) electrons. The van der Waals surface area contributed by atoms with E-state index >= 15 is 0 Å². The van der Waals surface area contributed by atoms with Crippen LogP contribution < -0.4 is 15.0 Å². The number of likely N-dealkylation sites (N-methyl/N-ethyl adjacent to an activating group) is 1. The molecule has 1 saturated heterocycles. The van der Waals surface area contributed by atoms with Gasteiger partial charge in [-0.15, -0.1) is 0 Å². The molecule has 8 nitrogen and oxygen atoms in total. The molecule has 0 aliphatic carbocycles. The van der Waals surface area contributed by atoms with Crippen molar-refractivity contribution in [3.63, 3.8) is 0 Å². The Bertz CT molecular complexity index is 1210. The van der Waals surface area contributed by atoms with Gasteiger partial charge in [-0.3, -0.25) is 4.79 Å². The van der Waals surface area contributed by atoms with Crippen molar-refractivity contribution in [1.29, 1.82) is 0 Å². The van der Waals surface area contributed by atoms with Gasteiger partial charge in [0.05, 0.1) is 6.61 Å². The van der Waals surface area contributed by atoms with Crippen LogP contribution >= 0.6 is 0 Å². The van der Waals surface area contributed by atoms with Crippen LogP contribution in [0.5, 0.6) is 5.75 Å². The molecule has 1 N–H and O–H groups in total. The number of aromatic nitrogens is 2. The first-order chi connectivity index (χ1) is 18.1. The number of ether oxygens (including phenoxy) is 2. The van der Waals surface area contributed by atoms with Crippen LogP contribution in [0.15, 0.2) is 48.8 Å². The van der Waals surface area contributed by atoms with E-state index < -0.39 is 0 Å². The molecule has 1 aromatic heterocycles. The standard InChI is InChI=1S/C29H35N5O3/c1-3-33-11-13-34(14-12-33)25-8-6-24(7-9-25)32-29-30-18-21(19-31-29)4-5-22-16-23(27(35)20-36-2)17-28-26(22)10-15-37-28/h6-9,16-19H,3-5,10-15,20H2,1-2H3,(H,30,31,32). The van der Waals surface area contributed by atoms with E-state index in [1.807, 2.05) is 24.5 Å². The monoisotopic (exact) mass is 501 g/mol. The van der Waals surface area contributed by atoms with Gasteiger partial charge in [-0.1, -0.05) is 6.92 Å². The molecule has 0 atom stereocenters. The summed E-state index contributed by atoms with van der Waals surface area (Å²) in [4.78, 5) is 26.3. The van der Waals surface area contributed by atoms with Crippen LogP contribution in [-0.2, 0) is 24.0 Å². The number of fused-ring (bicyclic) bond motifs is 1.